The lowest BCUT2D eigenvalue weighted by molar-refractivity contribution is 0.242. The number of imidazole rings is 1. The Kier molecular flexibility index (Phi) is 5.11. The predicted octanol–water partition coefficient (Wildman–Crippen LogP) is 4.87. The van der Waals surface area contributed by atoms with Gasteiger partial charge in [-0.05, 0) is 65.6 Å². The van der Waals surface area contributed by atoms with Crippen LogP contribution in [0.25, 0.3) is 11.2 Å². The van der Waals surface area contributed by atoms with Crippen molar-refractivity contribution in [3.05, 3.63) is 76.2 Å². The molecule has 1 amide bonds. The van der Waals surface area contributed by atoms with Gasteiger partial charge in [-0.3, -0.25) is 0 Å². The maximum absolute atomic E-state index is 14.4. The second-order valence-electron chi connectivity index (χ2n) is 7.43. The topological polar surface area (TPSA) is 63.1 Å². The van der Waals surface area contributed by atoms with Crippen LogP contribution in [0.15, 0.2) is 53.5 Å². The van der Waals surface area contributed by atoms with Crippen molar-refractivity contribution in [2.24, 2.45) is 0 Å². The molecule has 31 heavy (non-hydrogen) atoms. The molecular formula is C22H19F2N5OS. The predicted molar refractivity (Wildman–Crippen MR) is 115 cm³/mol. The van der Waals surface area contributed by atoms with Crippen molar-refractivity contribution in [1.82, 2.24) is 19.9 Å². The normalized spacial score (nSPS) is 16.2. The van der Waals surface area contributed by atoms with Crippen LogP contribution >= 0.6 is 11.3 Å². The molecule has 158 valence electrons. The zero-order valence-electron chi connectivity index (χ0n) is 16.5. The number of rotatable bonds is 4. The Bertz CT molecular complexity index is 1240. The van der Waals surface area contributed by atoms with Crippen LogP contribution in [0, 0.1) is 11.6 Å². The summed E-state index contributed by atoms with van der Waals surface area (Å²) >= 11 is 1.57. The molecule has 1 aliphatic heterocycles. The summed E-state index contributed by atoms with van der Waals surface area (Å²) in [4.78, 5) is 23.6. The molecule has 0 bridgehead atoms. The van der Waals surface area contributed by atoms with Crippen LogP contribution in [-0.2, 0) is 6.54 Å². The molecule has 0 saturated carbocycles. The largest absolute Gasteiger partial charge is 0.349 e. The fourth-order valence-corrected chi connectivity index (χ4v) is 4.65. The van der Waals surface area contributed by atoms with E-state index < -0.39 is 11.6 Å². The van der Waals surface area contributed by atoms with E-state index in [2.05, 4.69) is 15.3 Å². The third-order valence-corrected chi connectivity index (χ3v) is 6.22. The standard InChI is InChI=1S/C22H19F2N5OS/c23-15-3-4-17(24)16(10-15)19-2-1-8-28(19)20-6-5-18-21(27-20)29(13-26-18)22(30)25-11-14-7-9-31-12-14/h3-7,9-10,12-13,19H,1-2,8,11H2,(H,25,30)/t19-/m1/s1. The molecular weight excluding hydrogens is 420 g/mol. The molecule has 1 aliphatic rings. The SMILES string of the molecule is O=C(NCc1ccsc1)n1cnc2ccc(N3CCC[C@@H]3c3cc(F)ccc3F)nc21. The van der Waals surface area contributed by atoms with Crippen LogP contribution in [-0.4, -0.2) is 27.1 Å². The summed E-state index contributed by atoms with van der Waals surface area (Å²) < 4.78 is 29.5. The van der Waals surface area contributed by atoms with Crippen molar-refractivity contribution in [3.63, 3.8) is 0 Å². The van der Waals surface area contributed by atoms with Crippen LogP contribution in [0.4, 0.5) is 19.4 Å². The summed E-state index contributed by atoms with van der Waals surface area (Å²) in [5.41, 5.74) is 2.35. The van der Waals surface area contributed by atoms with E-state index in [1.54, 1.807) is 23.5 Å². The van der Waals surface area contributed by atoms with Crippen LogP contribution in [0.3, 0.4) is 0 Å². The highest BCUT2D eigenvalue weighted by Gasteiger charge is 2.30. The number of benzene rings is 1. The van der Waals surface area contributed by atoms with Gasteiger partial charge >= 0.3 is 6.03 Å². The zero-order chi connectivity index (χ0) is 21.4. The number of fused-ring (bicyclic) bond motifs is 1. The lowest BCUT2D eigenvalue weighted by Gasteiger charge is -2.26. The van der Waals surface area contributed by atoms with Crippen molar-refractivity contribution in [1.29, 1.82) is 0 Å². The summed E-state index contributed by atoms with van der Waals surface area (Å²) in [7, 11) is 0. The first-order valence-corrected chi connectivity index (χ1v) is 10.9. The van der Waals surface area contributed by atoms with Gasteiger partial charge in [0.15, 0.2) is 5.65 Å². The minimum atomic E-state index is -0.466. The average molecular weight is 439 g/mol. The number of thiophene rings is 1. The molecule has 1 aromatic carbocycles. The molecule has 0 radical (unpaired) electrons. The molecule has 3 aromatic heterocycles. The second-order valence-corrected chi connectivity index (χ2v) is 8.21. The molecule has 5 rings (SSSR count). The number of carbonyl (C=O) groups excluding carboxylic acids is 1. The lowest BCUT2D eigenvalue weighted by atomic mass is 10.0. The first-order valence-electron chi connectivity index (χ1n) is 9.95. The highest BCUT2D eigenvalue weighted by Crippen LogP contribution is 2.37. The van der Waals surface area contributed by atoms with E-state index in [1.165, 1.54) is 17.0 Å². The summed E-state index contributed by atoms with van der Waals surface area (Å²) in [6.07, 6.45) is 2.97. The highest BCUT2D eigenvalue weighted by atomic mass is 32.1. The Morgan fingerprint density at radius 3 is 2.97 bits per heavy atom. The molecule has 4 heterocycles. The third-order valence-electron chi connectivity index (χ3n) is 5.49. The number of aromatic nitrogens is 3. The van der Waals surface area contributed by atoms with Gasteiger partial charge < -0.3 is 10.2 Å². The van der Waals surface area contributed by atoms with Gasteiger partial charge in [0.1, 0.15) is 29.3 Å². The number of pyridine rings is 1. The van der Waals surface area contributed by atoms with Gasteiger partial charge in [-0.1, -0.05) is 0 Å². The number of anilines is 1. The summed E-state index contributed by atoms with van der Waals surface area (Å²) in [6, 6.07) is 8.43. The molecule has 1 atom stereocenters. The van der Waals surface area contributed by atoms with E-state index in [-0.39, 0.29) is 12.1 Å². The van der Waals surface area contributed by atoms with Crippen LogP contribution in [0.1, 0.15) is 30.0 Å². The average Bonchev–Trinajstić information content (AvgIpc) is 3.53. The van der Waals surface area contributed by atoms with Crippen LogP contribution < -0.4 is 10.2 Å². The molecule has 6 nitrogen and oxygen atoms in total. The number of nitrogens with zero attached hydrogens (tertiary/aromatic N) is 4. The van der Waals surface area contributed by atoms with E-state index in [0.717, 1.165) is 24.1 Å². The Morgan fingerprint density at radius 1 is 1.23 bits per heavy atom. The number of nitrogens with one attached hydrogen (secondary N) is 1. The molecule has 0 spiro atoms. The molecule has 9 heteroatoms. The summed E-state index contributed by atoms with van der Waals surface area (Å²) in [5, 5.41) is 6.79. The Morgan fingerprint density at radius 2 is 2.13 bits per heavy atom. The zero-order valence-corrected chi connectivity index (χ0v) is 17.3. The van der Waals surface area contributed by atoms with Crippen molar-refractivity contribution in [2.75, 3.05) is 11.4 Å². The van der Waals surface area contributed by atoms with E-state index >= 15 is 0 Å². The lowest BCUT2D eigenvalue weighted by Crippen LogP contribution is -2.28. The van der Waals surface area contributed by atoms with Crippen LogP contribution in [0.5, 0.6) is 0 Å². The van der Waals surface area contributed by atoms with Gasteiger partial charge in [0, 0.05) is 18.7 Å². The first kappa shape index (κ1) is 19.6. The highest BCUT2D eigenvalue weighted by molar-refractivity contribution is 7.07. The number of carbonyl (C=O) groups is 1. The molecule has 4 aromatic rings. The fraction of sp³-hybridized carbons (Fsp3) is 0.227. The van der Waals surface area contributed by atoms with Gasteiger partial charge in [-0.2, -0.15) is 11.3 Å². The Labute approximate surface area is 181 Å². The van der Waals surface area contributed by atoms with Crippen molar-refractivity contribution >= 4 is 34.3 Å². The maximum Gasteiger partial charge on any atom is 0.328 e. The first-order chi connectivity index (χ1) is 15.1. The number of halogens is 2. The quantitative estimate of drug-likeness (QED) is 0.493. The molecule has 1 fully saturated rings. The molecule has 0 aliphatic carbocycles. The van der Waals surface area contributed by atoms with Gasteiger partial charge in [-0.15, -0.1) is 0 Å². The summed E-state index contributed by atoms with van der Waals surface area (Å²) in [5.74, 6) is -0.296. The van der Waals surface area contributed by atoms with E-state index in [0.29, 0.717) is 42.1 Å². The van der Waals surface area contributed by atoms with Gasteiger partial charge in [0.25, 0.3) is 0 Å². The van der Waals surface area contributed by atoms with E-state index in [1.807, 2.05) is 21.7 Å². The Hall–Kier alpha value is -3.33. The maximum atomic E-state index is 14.4. The minimum absolute atomic E-state index is 0.315. The van der Waals surface area contributed by atoms with Crippen molar-refractivity contribution in [2.45, 2.75) is 25.4 Å². The summed E-state index contributed by atoms with van der Waals surface area (Å²) in [6.45, 7) is 1.08. The number of hydrogen-bond donors (Lipinski definition) is 1. The molecule has 1 N–H and O–H groups in total. The molecule has 0 unspecified atom stereocenters. The van der Waals surface area contributed by atoms with E-state index in [4.69, 9.17) is 0 Å². The third kappa shape index (κ3) is 3.76. The smallest absolute Gasteiger partial charge is 0.328 e. The van der Waals surface area contributed by atoms with E-state index in [9.17, 15) is 13.6 Å². The number of amides is 1. The van der Waals surface area contributed by atoms with Gasteiger partial charge in [-0.25, -0.2) is 28.1 Å². The fourth-order valence-electron chi connectivity index (χ4n) is 3.98. The Balaban J connectivity index is 1.44. The molecule has 1 saturated heterocycles. The van der Waals surface area contributed by atoms with Gasteiger partial charge in [0.2, 0.25) is 0 Å². The van der Waals surface area contributed by atoms with Crippen molar-refractivity contribution in [3.8, 4) is 0 Å². The van der Waals surface area contributed by atoms with Gasteiger partial charge in [0.05, 0.1) is 6.04 Å². The monoisotopic (exact) mass is 439 g/mol. The van der Waals surface area contributed by atoms with Crippen molar-refractivity contribution < 1.29 is 13.6 Å². The number of hydrogen-bond acceptors (Lipinski definition) is 5. The minimum Gasteiger partial charge on any atom is -0.349 e. The second kappa shape index (κ2) is 8.07. The van der Waals surface area contributed by atoms with Crippen LogP contribution in [0.2, 0.25) is 0 Å².